The van der Waals surface area contributed by atoms with E-state index in [9.17, 15) is 0 Å². The second-order valence-electron chi connectivity index (χ2n) is 4.80. The van der Waals surface area contributed by atoms with Crippen LogP contribution in [-0.4, -0.2) is 4.57 Å². The van der Waals surface area contributed by atoms with E-state index < -0.39 is 0 Å². The summed E-state index contributed by atoms with van der Waals surface area (Å²) in [6.07, 6.45) is 6.23. The maximum absolute atomic E-state index is 5.58. The molecule has 3 nitrogen and oxygen atoms in total. The van der Waals surface area contributed by atoms with Gasteiger partial charge in [-0.1, -0.05) is 22.4 Å². The van der Waals surface area contributed by atoms with Gasteiger partial charge in [0.1, 0.15) is 0 Å². The fraction of sp³-hybridized carbons (Fsp3) is 0.385. The first-order valence-corrected chi connectivity index (χ1v) is 6.82. The van der Waals surface area contributed by atoms with Crippen LogP contribution in [0.3, 0.4) is 0 Å². The Morgan fingerprint density at radius 3 is 2.88 bits per heavy atom. The lowest BCUT2D eigenvalue weighted by Gasteiger charge is -2.26. The van der Waals surface area contributed by atoms with Gasteiger partial charge in [-0.25, -0.2) is 0 Å². The molecular weight excluding hydrogens is 278 g/mol. The Hall–Kier alpha value is -1.000. The lowest BCUT2D eigenvalue weighted by molar-refractivity contribution is 0.280. The van der Waals surface area contributed by atoms with Gasteiger partial charge in [0.25, 0.3) is 0 Å². The van der Waals surface area contributed by atoms with E-state index in [1.807, 2.05) is 0 Å². The van der Waals surface area contributed by atoms with Gasteiger partial charge in [0.2, 0.25) is 0 Å². The minimum atomic E-state index is 0.847. The SMILES string of the molecule is NNc1cn(CC2CCC2)c2ccc(Br)cc12. The Kier molecular flexibility index (Phi) is 2.84. The number of nitrogens with two attached hydrogens (primary N) is 1. The van der Waals surface area contributed by atoms with Crippen molar-refractivity contribution < 1.29 is 0 Å². The molecule has 1 fully saturated rings. The molecule has 0 saturated heterocycles. The number of benzene rings is 1. The van der Waals surface area contributed by atoms with E-state index in [1.165, 1.54) is 30.2 Å². The highest BCUT2D eigenvalue weighted by Crippen LogP contribution is 2.33. The zero-order valence-electron chi connectivity index (χ0n) is 9.62. The minimum Gasteiger partial charge on any atom is -0.345 e. The average Bonchev–Trinajstić information content (AvgIpc) is 2.61. The molecule has 1 aliphatic rings. The fourth-order valence-electron chi connectivity index (χ4n) is 2.49. The number of hydrogen-bond acceptors (Lipinski definition) is 2. The summed E-state index contributed by atoms with van der Waals surface area (Å²) in [7, 11) is 0. The smallest absolute Gasteiger partial charge is 0.0742 e. The van der Waals surface area contributed by atoms with Crippen LogP contribution in [0.4, 0.5) is 5.69 Å². The van der Waals surface area contributed by atoms with Crippen molar-refractivity contribution in [2.45, 2.75) is 25.8 Å². The molecule has 0 unspecified atom stereocenters. The Labute approximate surface area is 109 Å². The quantitative estimate of drug-likeness (QED) is 0.672. The summed E-state index contributed by atoms with van der Waals surface area (Å²) in [4.78, 5) is 0. The van der Waals surface area contributed by atoms with Crippen LogP contribution in [0.1, 0.15) is 19.3 Å². The predicted octanol–water partition coefficient (Wildman–Crippen LogP) is 3.49. The molecule has 1 aromatic heterocycles. The van der Waals surface area contributed by atoms with Crippen LogP contribution in [-0.2, 0) is 6.54 Å². The predicted molar refractivity (Wildman–Crippen MR) is 74.8 cm³/mol. The zero-order valence-corrected chi connectivity index (χ0v) is 11.2. The maximum Gasteiger partial charge on any atom is 0.0742 e. The highest BCUT2D eigenvalue weighted by atomic mass is 79.9. The van der Waals surface area contributed by atoms with Crippen LogP contribution in [0.15, 0.2) is 28.9 Å². The largest absolute Gasteiger partial charge is 0.345 e. The summed E-state index contributed by atoms with van der Waals surface area (Å²) in [6, 6.07) is 6.35. The minimum absolute atomic E-state index is 0.847. The molecule has 1 aromatic carbocycles. The van der Waals surface area contributed by atoms with E-state index >= 15 is 0 Å². The molecule has 0 aliphatic heterocycles. The fourth-order valence-corrected chi connectivity index (χ4v) is 2.85. The summed E-state index contributed by atoms with van der Waals surface area (Å²) in [5, 5.41) is 1.18. The normalized spacial score (nSPS) is 16.1. The highest BCUT2D eigenvalue weighted by molar-refractivity contribution is 9.10. The van der Waals surface area contributed by atoms with Gasteiger partial charge in [0, 0.05) is 22.6 Å². The number of aromatic nitrogens is 1. The van der Waals surface area contributed by atoms with E-state index in [-0.39, 0.29) is 0 Å². The summed E-state index contributed by atoms with van der Waals surface area (Å²) in [5.41, 5.74) is 5.04. The zero-order chi connectivity index (χ0) is 11.8. The standard InChI is InChI=1S/C13H16BrN3/c14-10-4-5-13-11(6-10)12(16-15)8-17(13)7-9-2-1-3-9/h4-6,8-9,16H,1-3,7,15H2. The monoisotopic (exact) mass is 293 g/mol. The number of hydrazine groups is 1. The van der Waals surface area contributed by atoms with Gasteiger partial charge in [-0.05, 0) is 37.0 Å². The Morgan fingerprint density at radius 2 is 2.24 bits per heavy atom. The van der Waals surface area contributed by atoms with Gasteiger partial charge in [-0.2, -0.15) is 0 Å². The van der Waals surface area contributed by atoms with Crippen LogP contribution < -0.4 is 11.3 Å². The van der Waals surface area contributed by atoms with Crippen LogP contribution in [0, 0.1) is 5.92 Å². The van der Waals surface area contributed by atoms with Gasteiger partial charge < -0.3 is 9.99 Å². The van der Waals surface area contributed by atoms with Crippen molar-refractivity contribution in [1.82, 2.24) is 4.57 Å². The second kappa shape index (κ2) is 4.35. The molecule has 3 rings (SSSR count). The highest BCUT2D eigenvalue weighted by Gasteiger charge is 2.19. The molecule has 2 aromatic rings. The number of rotatable bonds is 3. The molecule has 1 aliphatic carbocycles. The number of nitrogens with zero attached hydrogens (tertiary/aromatic N) is 1. The molecule has 0 atom stereocenters. The second-order valence-corrected chi connectivity index (χ2v) is 5.71. The van der Waals surface area contributed by atoms with Crippen molar-refractivity contribution in [3.63, 3.8) is 0 Å². The third kappa shape index (κ3) is 1.96. The number of nitrogen functional groups attached to an aromatic ring is 1. The molecule has 17 heavy (non-hydrogen) atoms. The molecule has 0 radical (unpaired) electrons. The number of fused-ring (bicyclic) bond motifs is 1. The van der Waals surface area contributed by atoms with E-state index in [1.54, 1.807) is 0 Å². The summed E-state index contributed by atoms with van der Waals surface area (Å²) >= 11 is 3.50. The maximum atomic E-state index is 5.58. The molecule has 4 heteroatoms. The summed E-state index contributed by atoms with van der Waals surface area (Å²) in [6.45, 7) is 1.11. The number of hydrogen-bond donors (Lipinski definition) is 2. The molecule has 90 valence electrons. The van der Waals surface area contributed by atoms with Crippen molar-refractivity contribution in [1.29, 1.82) is 0 Å². The molecule has 1 heterocycles. The molecule has 1 saturated carbocycles. The molecule has 3 N–H and O–H groups in total. The van der Waals surface area contributed by atoms with Crippen molar-refractivity contribution >= 4 is 32.5 Å². The van der Waals surface area contributed by atoms with Crippen LogP contribution in [0.25, 0.3) is 10.9 Å². The summed E-state index contributed by atoms with van der Waals surface area (Å²) < 4.78 is 3.41. The van der Waals surface area contributed by atoms with Crippen molar-refractivity contribution in [3.8, 4) is 0 Å². The first-order chi connectivity index (χ1) is 8.28. The molecular formula is C13H16BrN3. The molecule has 0 bridgehead atoms. The van der Waals surface area contributed by atoms with Crippen LogP contribution in [0.2, 0.25) is 0 Å². The first kappa shape index (κ1) is 11.1. The third-order valence-electron chi connectivity index (χ3n) is 3.68. The van der Waals surface area contributed by atoms with E-state index in [2.05, 4.69) is 50.3 Å². The van der Waals surface area contributed by atoms with Gasteiger partial charge in [0.05, 0.1) is 11.2 Å². The van der Waals surface area contributed by atoms with Crippen LogP contribution in [0.5, 0.6) is 0 Å². The third-order valence-corrected chi connectivity index (χ3v) is 4.17. The van der Waals surface area contributed by atoms with Crippen LogP contribution >= 0.6 is 15.9 Å². The van der Waals surface area contributed by atoms with E-state index in [0.29, 0.717) is 0 Å². The Bertz CT molecular complexity index is 543. The number of nitrogens with one attached hydrogen (secondary N) is 1. The average molecular weight is 294 g/mol. The van der Waals surface area contributed by atoms with Gasteiger partial charge in [-0.15, -0.1) is 0 Å². The summed E-state index contributed by atoms with van der Waals surface area (Å²) in [5.74, 6) is 6.43. The topological polar surface area (TPSA) is 43.0 Å². The number of anilines is 1. The lowest BCUT2D eigenvalue weighted by Crippen LogP contribution is -2.17. The van der Waals surface area contributed by atoms with Crippen molar-refractivity contribution in [3.05, 3.63) is 28.9 Å². The van der Waals surface area contributed by atoms with E-state index in [0.717, 1.165) is 22.6 Å². The van der Waals surface area contributed by atoms with Crippen molar-refractivity contribution in [2.75, 3.05) is 5.43 Å². The lowest BCUT2D eigenvalue weighted by atomic mass is 9.85. The molecule has 0 amide bonds. The van der Waals surface area contributed by atoms with Gasteiger partial charge in [-0.3, -0.25) is 5.84 Å². The first-order valence-electron chi connectivity index (χ1n) is 6.03. The Morgan fingerprint density at radius 1 is 1.41 bits per heavy atom. The van der Waals surface area contributed by atoms with Gasteiger partial charge in [0.15, 0.2) is 0 Å². The number of halogens is 1. The van der Waals surface area contributed by atoms with E-state index in [4.69, 9.17) is 5.84 Å². The van der Waals surface area contributed by atoms with Crippen molar-refractivity contribution in [2.24, 2.45) is 11.8 Å². The van der Waals surface area contributed by atoms with Gasteiger partial charge >= 0.3 is 0 Å². The Balaban J connectivity index is 2.04. The molecule has 0 spiro atoms.